The van der Waals surface area contributed by atoms with Crippen molar-refractivity contribution in [2.75, 3.05) is 11.1 Å². The van der Waals surface area contributed by atoms with Crippen LogP contribution >= 0.6 is 23.4 Å². The van der Waals surface area contributed by atoms with Crippen LogP contribution < -0.4 is 5.32 Å². The molecule has 0 spiro atoms. The molecule has 0 aliphatic rings. The first kappa shape index (κ1) is 15.7. The van der Waals surface area contributed by atoms with E-state index in [0.29, 0.717) is 5.16 Å². The molecule has 0 saturated carbocycles. The number of aromatic nitrogens is 2. The molecule has 1 amide bonds. The monoisotopic (exact) mass is 335 g/mol. The Kier molecular flexibility index (Phi) is 4.79. The summed E-state index contributed by atoms with van der Waals surface area (Å²) in [4.78, 5) is 18.4. The molecular weight excluding hydrogens is 327 g/mol. The Balaban J connectivity index is 2.03. The highest BCUT2D eigenvalue weighted by atomic mass is 35.5. The summed E-state index contributed by atoms with van der Waals surface area (Å²) in [7, 11) is 0. The lowest BCUT2D eigenvalue weighted by Gasteiger charge is -2.11. The molecule has 4 nitrogen and oxygen atoms in total. The fourth-order valence-corrected chi connectivity index (χ4v) is 2.24. The van der Waals surface area contributed by atoms with Crippen molar-refractivity contribution in [1.29, 1.82) is 0 Å². The quantitative estimate of drug-likeness (QED) is 0.835. The van der Waals surface area contributed by atoms with Gasteiger partial charge in [-0.05, 0) is 18.2 Å². The van der Waals surface area contributed by atoms with Gasteiger partial charge in [-0.15, -0.1) is 0 Å². The number of halogens is 4. The van der Waals surface area contributed by atoms with Crippen molar-refractivity contribution in [3.8, 4) is 0 Å². The van der Waals surface area contributed by atoms with E-state index in [1.54, 1.807) is 6.20 Å². The first-order valence-corrected chi connectivity index (χ1v) is 7.01. The second-order valence-corrected chi connectivity index (χ2v) is 5.29. The van der Waals surface area contributed by atoms with Crippen molar-refractivity contribution in [3.05, 3.63) is 41.2 Å². The van der Waals surface area contributed by atoms with Crippen LogP contribution in [0.4, 0.5) is 18.9 Å². The molecule has 0 aliphatic carbocycles. The number of hydrogen-bond donors (Lipinski definition) is 2. The van der Waals surface area contributed by atoms with Gasteiger partial charge in [-0.1, -0.05) is 23.4 Å². The summed E-state index contributed by atoms with van der Waals surface area (Å²) in [5, 5.41) is 2.93. The molecule has 2 rings (SSSR count). The zero-order valence-electron chi connectivity index (χ0n) is 10.4. The van der Waals surface area contributed by atoms with E-state index in [1.165, 1.54) is 6.20 Å². The van der Waals surface area contributed by atoms with Crippen molar-refractivity contribution in [3.63, 3.8) is 0 Å². The molecule has 0 atom stereocenters. The van der Waals surface area contributed by atoms with Crippen LogP contribution in [0.1, 0.15) is 5.56 Å². The van der Waals surface area contributed by atoms with Gasteiger partial charge in [0.2, 0.25) is 5.91 Å². The number of nitrogens with zero attached hydrogens (tertiary/aromatic N) is 1. The third-order valence-corrected chi connectivity index (χ3v) is 3.61. The van der Waals surface area contributed by atoms with Crippen molar-refractivity contribution in [1.82, 2.24) is 9.97 Å². The summed E-state index contributed by atoms with van der Waals surface area (Å²) in [6.07, 6.45) is -1.36. The Bertz CT molecular complexity index is 631. The fourth-order valence-electron chi connectivity index (χ4n) is 1.45. The Labute approximate surface area is 127 Å². The summed E-state index contributed by atoms with van der Waals surface area (Å²) < 4.78 is 37.8. The third-order valence-electron chi connectivity index (χ3n) is 2.38. The van der Waals surface area contributed by atoms with Gasteiger partial charge < -0.3 is 10.3 Å². The first-order chi connectivity index (χ1) is 9.86. The minimum absolute atomic E-state index is 0.0000870. The average molecular weight is 336 g/mol. The van der Waals surface area contributed by atoms with Crippen molar-refractivity contribution < 1.29 is 18.0 Å². The molecule has 0 radical (unpaired) electrons. The number of imidazole rings is 1. The number of benzene rings is 1. The Morgan fingerprint density at radius 1 is 1.43 bits per heavy atom. The average Bonchev–Trinajstić information content (AvgIpc) is 2.91. The van der Waals surface area contributed by atoms with Gasteiger partial charge in [-0.25, -0.2) is 4.98 Å². The first-order valence-electron chi connectivity index (χ1n) is 5.65. The summed E-state index contributed by atoms with van der Waals surface area (Å²) >= 11 is 6.91. The molecule has 112 valence electrons. The van der Waals surface area contributed by atoms with Gasteiger partial charge in [0, 0.05) is 12.4 Å². The lowest BCUT2D eigenvalue weighted by molar-refractivity contribution is -0.137. The van der Waals surface area contributed by atoms with Crippen LogP contribution in [0.15, 0.2) is 35.7 Å². The highest BCUT2D eigenvalue weighted by Gasteiger charge is 2.31. The molecule has 0 unspecified atom stereocenters. The van der Waals surface area contributed by atoms with Gasteiger partial charge in [0.05, 0.1) is 22.0 Å². The molecular formula is C12H9ClF3N3OS. The lowest BCUT2D eigenvalue weighted by atomic mass is 10.2. The number of carbonyl (C=O) groups is 1. The second kappa shape index (κ2) is 6.40. The predicted octanol–water partition coefficient (Wildman–Crippen LogP) is 3.81. The number of amides is 1. The summed E-state index contributed by atoms with van der Waals surface area (Å²) in [5.41, 5.74) is -0.947. The molecule has 1 aromatic carbocycles. The molecule has 0 fully saturated rings. The van der Waals surface area contributed by atoms with E-state index < -0.39 is 17.6 Å². The number of alkyl halides is 3. The van der Waals surface area contributed by atoms with Crippen molar-refractivity contribution >= 4 is 35.0 Å². The van der Waals surface area contributed by atoms with E-state index in [2.05, 4.69) is 15.3 Å². The van der Waals surface area contributed by atoms with Gasteiger partial charge >= 0.3 is 6.18 Å². The molecule has 1 aromatic heterocycles. The highest BCUT2D eigenvalue weighted by Crippen LogP contribution is 2.33. The van der Waals surface area contributed by atoms with Crippen molar-refractivity contribution in [2.45, 2.75) is 11.3 Å². The Morgan fingerprint density at radius 2 is 2.19 bits per heavy atom. The van der Waals surface area contributed by atoms with Crippen LogP contribution in [0.5, 0.6) is 0 Å². The number of carbonyl (C=O) groups excluding carboxylic acids is 1. The van der Waals surface area contributed by atoms with Crippen molar-refractivity contribution in [2.24, 2.45) is 0 Å². The van der Waals surface area contributed by atoms with E-state index in [4.69, 9.17) is 11.6 Å². The Morgan fingerprint density at radius 3 is 2.81 bits per heavy atom. The van der Waals surface area contributed by atoms with E-state index >= 15 is 0 Å². The van der Waals surface area contributed by atoms with E-state index in [-0.39, 0.29) is 16.5 Å². The van der Waals surface area contributed by atoms with Crippen LogP contribution in [0, 0.1) is 0 Å². The Hall–Kier alpha value is -1.67. The van der Waals surface area contributed by atoms with Gasteiger partial charge in [0.1, 0.15) is 0 Å². The van der Waals surface area contributed by atoms with Gasteiger partial charge in [0.25, 0.3) is 0 Å². The minimum Gasteiger partial charge on any atom is -0.340 e. The van der Waals surface area contributed by atoms with Crippen LogP contribution in [0.2, 0.25) is 5.02 Å². The van der Waals surface area contributed by atoms with E-state index in [1.807, 2.05) is 0 Å². The zero-order chi connectivity index (χ0) is 15.5. The number of rotatable bonds is 4. The van der Waals surface area contributed by atoms with Gasteiger partial charge in [0.15, 0.2) is 5.16 Å². The van der Waals surface area contributed by atoms with Crippen LogP contribution in [0.25, 0.3) is 0 Å². The molecule has 2 aromatic rings. The maximum Gasteiger partial charge on any atom is 0.416 e. The topological polar surface area (TPSA) is 57.8 Å². The summed E-state index contributed by atoms with van der Waals surface area (Å²) in [5.74, 6) is -0.474. The van der Waals surface area contributed by atoms with E-state index in [0.717, 1.165) is 30.0 Å². The van der Waals surface area contributed by atoms with Crippen LogP contribution in [0.3, 0.4) is 0 Å². The molecule has 2 N–H and O–H groups in total. The number of hydrogen-bond acceptors (Lipinski definition) is 3. The summed E-state index contributed by atoms with van der Waals surface area (Å²) in [6, 6.07) is 2.76. The number of anilines is 1. The maximum atomic E-state index is 12.6. The zero-order valence-corrected chi connectivity index (χ0v) is 11.9. The SMILES string of the molecule is O=C(CSc1ncc[nH]1)Nc1cc(C(F)(F)F)ccc1Cl. The molecule has 0 aliphatic heterocycles. The number of thioether (sulfide) groups is 1. The molecule has 0 bridgehead atoms. The lowest BCUT2D eigenvalue weighted by Crippen LogP contribution is -2.15. The number of nitrogens with one attached hydrogen (secondary N) is 2. The maximum absolute atomic E-state index is 12.6. The van der Waals surface area contributed by atoms with Crippen LogP contribution in [-0.4, -0.2) is 21.6 Å². The molecule has 21 heavy (non-hydrogen) atoms. The standard InChI is InChI=1S/C12H9ClF3N3OS/c13-8-2-1-7(12(14,15)16)5-9(8)19-10(20)6-21-11-17-3-4-18-11/h1-5H,6H2,(H,17,18)(H,19,20). The van der Waals surface area contributed by atoms with Gasteiger partial charge in [-0.3, -0.25) is 4.79 Å². The van der Waals surface area contributed by atoms with Gasteiger partial charge in [-0.2, -0.15) is 13.2 Å². The number of aromatic amines is 1. The minimum atomic E-state index is -4.49. The molecule has 9 heteroatoms. The van der Waals surface area contributed by atoms with E-state index in [9.17, 15) is 18.0 Å². The third kappa shape index (κ3) is 4.40. The fraction of sp³-hybridized carbons (Fsp3) is 0.167. The molecule has 1 heterocycles. The largest absolute Gasteiger partial charge is 0.416 e. The summed E-state index contributed by atoms with van der Waals surface area (Å²) in [6.45, 7) is 0. The second-order valence-electron chi connectivity index (χ2n) is 3.92. The number of H-pyrrole nitrogens is 1. The highest BCUT2D eigenvalue weighted by molar-refractivity contribution is 7.99. The smallest absolute Gasteiger partial charge is 0.340 e. The predicted molar refractivity (Wildman–Crippen MR) is 74.4 cm³/mol. The molecule has 0 saturated heterocycles. The van der Waals surface area contributed by atoms with Crippen LogP contribution in [-0.2, 0) is 11.0 Å². The normalized spacial score (nSPS) is 11.4.